The summed E-state index contributed by atoms with van der Waals surface area (Å²) in [6, 6.07) is 6.81. The molecule has 3 rings (SSSR count). The predicted octanol–water partition coefficient (Wildman–Crippen LogP) is 7.24. The van der Waals surface area contributed by atoms with Crippen LogP contribution in [0.25, 0.3) is 0 Å². The van der Waals surface area contributed by atoms with Crippen LogP contribution in [0, 0.1) is 0 Å². The summed E-state index contributed by atoms with van der Waals surface area (Å²) < 4.78 is 85.6. The van der Waals surface area contributed by atoms with E-state index in [9.17, 15) is 35.9 Å². The summed E-state index contributed by atoms with van der Waals surface area (Å²) in [5, 5.41) is 0.386. The first-order chi connectivity index (χ1) is 17.4. The lowest BCUT2D eigenvalue weighted by atomic mass is 9.85. The quantitative estimate of drug-likeness (QED) is 0.369. The van der Waals surface area contributed by atoms with E-state index in [-0.39, 0.29) is 25.6 Å². The minimum atomic E-state index is -5.09. The van der Waals surface area contributed by atoms with E-state index in [0.717, 1.165) is 4.90 Å². The third-order valence-electron chi connectivity index (χ3n) is 6.16. The number of ether oxygens (including phenoxy) is 1. The smallest absolute Gasteiger partial charge is 0.416 e. The Bertz CT molecular complexity index is 1160. The van der Waals surface area contributed by atoms with Crippen LogP contribution in [0.3, 0.4) is 0 Å². The summed E-state index contributed by atoms with van der Waals surface area (Å²) in [5.74, 6) is -1.55. The molecule has 12 heteroatoms. The third kappa shape index (κ3) is 7.12. The van der Waals surface area contributed by atoms with Gasteiger partial charge in [-0.1, -0.05) is 23.7 Å². The number of amides is 2. The molecule has 2 atom stereocenters. The Labute approximate surface area is 221 Å². The standard InChI is InChI=1S/C26H27ClF6N2O3/c1-24(2,3)38-23(37)35-9-8-21(20(14-35)15-6-5-7-19(27)12-15)34(4)22(36)16-10-17(25(28,29)30)13-18(11-16)26(31,32)33/h5-7,10-13,20-21H,8-9,14H2,1-4H3/t20-,21+/m0/s1. The topological polar surface area (TPSA) is 49.9 Å². The van der Waals surface area contributed by atoms with Gasteiger partial charge in [0.15, 0.2) is 0 Å². The number of nitrogens with zero attached hydrogens (tertiary/aromatic N) is 2. The summed E-state index contributed by atoms with van der Waals surface area (Å²) >= 11 is 6.16. The van der Waals surface area contributed by atoms with E-state index in [1.807, 2.05) is 0 Å². The van der Waals surface area contributed by atoms with E-state index in [1.165, 1.54) is 11.9 Å². The molecule has 5 nitrogen and oxygen atoms in total. The van der Waals surface area contributed by atoms with E-state index in [0.29, 0.717) is 22.7 Å². The van der Waals surface area contributed by atoms with Crippen LogP contribution >= 0.6 is 11.6 Å². The van der Waals surface area contributed by atoms with E-state index in [2.05, 4.69) is 0 Å². The summed E-state index contributed by atoms with van der Waals surface area (Å²) in [5.41, 5.74) is -4.00. The molecule has 0 aromatic heterocycles. The van der Waals surface area contributed by atoms with Crippen LogP contribution in [-0.4, -0.2) is 53.6 Å². The second-order valence-electron chi connectivity index (χ2n) is 10.2. The molecule has 0 aliphatic carbocycles. The van der Waals surface area contributed by atoms with Crippen LogP contribution in [0.15, 0.2) is 42.5 Å². The predicted molar refractivity (Wildman–Crippen MR) is 129 cm³/mol. The van der Waals surface area contributed by atoms with E-state index in [1.54, 1.807) is 45.0 Å². The number of likely N-dealkylation sites (tertiary alicyclic amines) is 1. The molecule has 0 N–H and O–H groups in total. The first kappa shape index (κ1) is 29.6. The number of hydrogen-bond acceptors (Lipinski definition) is 3. The lowest BCUT2D eigenvalue weighted by Crippen LogP contribution is -2.52. The van der Waals surface area contributed by atoms with Crippen molar-refractivity contribution in [2.75, 3.05) is 20.1 Å². The molecule has 1 saturated heterocycles. The average molecular weight is 565 g/mol. The van der Waals surface area contributed by atoms with Crippen LogP contribution in [-0.2, 0) is 17.1 Å². The highest BCUT2D eigenvalue weighted by Gasteiger charge is 2.41. The minimum Gasteiger partial charge on any atom is -0.444 e. The average Bonchev–Trinajstić information content (AvgIpc) is 2.80. The molecule has 0 bridgehead atoms. The van der Waals surface area contributed by atoms with Gasteiger partial charge >= 0.3 is 18.4 Å². The maximum absolute atomic E-state index is 13.4. The van der Waals surface area contributed by atoms with Crippen molar-refractivity contribution < 1.29 is 40.7 Å². The number of benzene rings is 2. The van der Waals surface area contributed by atoms with Crippen molar-refractivity contribution in [1.29, 1.82) is 0 Å². The van der Waals surface area contributed by atoms with Gasteiger partial charge in [0.05, 0.1) is 11.1 Å². The van der Waals surface area contributed by atoms with Gasteiger partial charge in [0.2, 0.25) is 0 Å². The van der Waals surface area contributed by atoms with Crippen LogP contribution in [0.1, 0.15) is 60.2 Å². The van der Waals surface area contributed by atoms with Gasteiger partial charge in [0, 0.05) is 42.7 Å². The van der Waals surface area contributed by atoms with Crippen molar-refractivity contribution in [1.82, 2.24) is 9.80 Å². The molecule has 1 heterocycles. The zero-order chi connectivity index (χ0) is 28.6. The first-order valence-corrected chi connectivity index (χ1v) is 12.0. The molecule has 2 aromatic carbocycles. The maximum atomic E-state index is 13.4. The molecule has 38 heavy (non-hydrogen) atoms. The number of carbonyl (C=O) groups is 2. The molecule has 0 radical (unpaired) electrons. The second kappa shape index (κ2) is 10.7. The van der Waals surface area contributed by atoms with Gasteiger partial charge in [-0.3, -0.25) is 4.79 Å². The Morgan fingerprint density at radius 3 is 2.05 bits per heavy atom. The molecule has 1 fully saturated rings. The molecule has 208 valence electrons. The van der Waals surface area contributed by atoms with Gasteiger partial charge in [-0.25, -0.2) is 4.79 Å². The number of carbonyl (C=O) groups excluding carboxylic acids is 2. The lowest BCUT2D eigenvalue weighted by molar-refractivity contribution is -0.143. The number of halogens is 7. The van der Waals surface area contributed by atoms with Crippen molar-refractivity contribution in [2.24, 2.45) is 0 Å². The monoisotopic (exact) mass is 564 g/mol. The molecular weight excluding hydrogens is 538 g/mol. The van der Waals surface area contributed by atoms with Gasteiger partial charge in [-0.05, 0) is 63.1 Å². The van der Waals surface area contributed by atoms with Crippen molar-refractivity contribution >= 4 is 23.6 Å². The number of likely N-dealkylation sites (N-methyl/N-ethyl adjacent to an activating group) is 1. The van der Waals surface area contributed by atoms with Crippen molar-refractivity contribution in [2.45, 2.75) is 57.1 Å². The zero-order valence-corrected chi connectivity index (χ0v) is 21.8. The molecule has 1 aliphatic rings. The van der Waals surface area contributed by atoms with Crippen molar-refractivity contribution in [3.8, 4) is 0 Å². The molecule has 2 amide bonds. The normalized spacial score (nSPS) is 18.8. The van der Waals surface area contributed by atoms with E-state index < -0.39 is 58.6 Å². The van der Waals surface area contributed by atoms with Gasteiger partial charge in [0.25, 0.3) is 5.91 Å². The highest BCUT2D eigenvalue weighted by atomic mass is 35.5. The Morgan fingerprint density at radius 1 is 0.974 bits per heavy atom. The number of hydrogen-bond donors (Lipinski definition) is 0. The highest BCUT2D eigenvalue weighted by molar-refractivity contribution is 6.30. The van der Waals surface area contributed by atoms with Crippen LogP contribution in [0.4, 0.5) is 31.1 Å². The maximum Gasteiger partial charge on any atom is 0.416 e. The van der Waals surface area contributed by atoms with Crippen molar-refractivity contribution in [3.05, 3.63) is 69.7 Å². The fourth-order valence-electron chi connectivity index (χ4n) is 4.39. The van der Waals surface area contributed by atoms with Gasteiger partial charge in [-0.15, -0.1) is 0 Å². The number of piperidine rings is 1. The molecule has 1 aliphatic heterocycles. The molecule has 0 spiro atoms. The third-order valence-corrected chi connectivity index (χ3v) is 6.39. The largest absolute Gasteiger partial charge is 0.444 e. The molecule has 2 aromatic rings. The van der Waals surface area contributed by atoms with Gasteiger partial charge < -0.3 is 14.5 Å². The van der Waals surface area contributed by atoms with Crippen LogP contribution in [0.5, 0.6) is 0 Å². The minimum absolute atomic E-state index is 0.0229. The Balaban J connectivity index is 1.98. The van der Waals surface area contributed by atoms with Gasteiger partial charge in [-0.2, -0.15) is 26.3 Å². The molecule has 0 unspecified atom stereocenters. The SMILES string of the molecule is CN(C(=O)c1cc(C(F)(F)F)cc(C(F)(F)F)c1)[C@@H]1CCN(C(=O)OC(C)(C)C)C[C@H]1c1cccc(Cl)c1. The molecular formula is C26H27ClF6N2O3. The number of rotatable bonds is 3. The Morgan fingerprint density at radius 2 is 1.55 bits per heavy atom. The highest BCUT2D eigenvalue weighted by Crippen LogP contribution is 2.38. The fraction of sp³-hybridized carbons (Fsp3) is 0.462. The summed E-state index contributed by atoms with van der Waals surface area (Å²) in [7, 11) is 1.32. The Hall–Kier alpha value is -2.95. The van der Waals surface area contributed by atoms with Crippen molar-refractivity contribution in [3.63, 3.8) is 0 Å². The van der Waals surface area contributed by atoms with Gasteiger partial charge in [0.1, 0.15) is 5.60 Å². The Kier molecular flexibility index (Phi) is 8.31. The molecule has 0 saturated carbocycles. The number of alkyl halides is 6. The first-order valence-electron chi connectivity index (χ1n) is 11.7. The second-order valence-corrected chi connectivity index (χ2v) is 10.6. The van der Waals surface area contributed by atoms with Crippen LogP contribution < -0.4 is 0 Å². The lowest BCUT2D eigenvalue weighted by Gasteiger charge is -2.43. The fourth-order valence-corrected chi connectivity index (χ4v) is 4.59. The van der Waals surface area contributed by atoms with E-state index >= 15 is 0 Å². The summed E-state index contributed by atoms with van der Waals surface area (Å²) in [4.78, 5) is 28.6. The van der Waals surface area contributed by atoms with E-state index in [4.69, 9.17) is 16.3 Å². The summed E-state index contributed by atoms with van der Waals surface area (Å²) in [6.45, 7) is 5.38. The zero-order valence-electron chi connectivity index (χ0n) is 21.1. The van der Waals surface area contributed by atoms with Crippen LogP contribution in [0.2, 0.25) is 5.02 Å². The summed E-state index contributed by atoms with van der Waals surface area (Å²) in [6.07, 6.45) is -10.6.